The molecule has 1 aromatic heterocycles. The van der Waals surface area contributed by atoms with Crippen LogP contribution in [0.3, 0.4) is 0 Å². The van der Waals surface area contributed by atoms with Gasteiger partial charge in [0.1, 0.15) is 0 Å². The Bertz CT molecular complexity index is 729. The van der Waals surface area contributed by atoms with E-state index in [1.807, 2.05) is 20.8 Å². The quantitative estimate of drug-likeness (QED) is 0.594. The highest BCUT2D eigenvalue weighted by Gasteiger charge is 2.19. The fourth-order valence-corrected chi connectivity index (χ4v) is 1.83. The van der Waals surface area contributed by atoms with Gasteiger partial charge in [0.2, 0.25) is 0 Å². The van der Waals surface area contributed by atoms with Gasteiger partial charge in [0.05, 0.1) is 13.3 Å². The molecular formula is C16H20N4O3. The van der Waals surface area contributed by atoms with E-state index < -0.39 is 5.91 Å². The zero-order chi connectivity index (χ0) is 17.0. The monoisotopic (exact) mass is 316 g/mol. The predicted octanol–water partition coefficient (Wildman–Crippen LogP) is 2.19. The number of nitrogens with zero attached hydrogens (tertiary/aromatic N) is 2. The molecule has 0 saturated heterocycles. The van der Waals surface area contributed by atoms with Gasteiger partial charge in [0.15, 0.2) is 17.2 Å². The van der Waals surface area contributed by atoms with Crippen molar-refractivity contribution in [1.29, 1.82) is 0 Å². The Morgan fingerprint density at radius 2 is 2.13 bits per heavy atom. The average molecular weight is 316 g/mol. The van der Waals surface area contributed by atoms with Crippen molar-refractivity contribution >= 4 is 12.1 Å². The number of carbonyl (C=O) groups excluding carboxylic acids is 1. The van der Waals surface area contributed by atoms with Gasteiger partial charge in [-0.15, -0.1) is 0 Å². The molecule has 122 valence electrons. The first kappa shape index (κ1) is 16.5. The van der Waals surface area contributed by atoms with E-state index in [4.69, 9.17) is 4.74 Å². The van der Waals surface area contributed by atoms with Crippen LogP contribution in [0.1, 0.15) is 42.5 Å². The number of methoxy groups -OCH3 is 1. The summed E-state index contributed by atoms with van der Waals surface area (Å²) in [4.78, 5) is 12.0. The van der Waals surface area contributed by atoms with Crippen LogP contribution in [0.15, 0.2) is 29.4 Å². The summed E-state index contributed by atoms with van der Waals surface area (Å²) in [6.45, 7) is 6.07. The molecular weight excluding hydrogens is 296 g/mol. The molecule has 1 aromatic carbocycles. The van der Waals surface area contributed by atoms with Crippen molar-refractivity contribution in [2.24, 2.45) is 5.10 Å². The number of aromatic hydroxyl groups is 1. The topological polar surface area (TPSA) is 99.6 Å². The van der Waals surface area contributed by atoms with Crippen molar-refractivity contribution in [2.75, 3.05) is 7.11 Å². The molecule has 0 atom stereocenters. The fourth-order valence-electron chi connectivity index (χ4n) is 1.83. The number of carbonyl (C=O) groups is 1. The van der Waals surface area contributed by atoms with Gasteiger partial charge in [-0.2, -0.15) is 10.2 Å². The summed E-state index contributed by atoms with van der Waals surface area (Å²) in [6.07, 6.45) is 1.42. The standard InChI is InChI=1S/C16H20N4O3/c1-16(2,3)14-8-11(18-19-14)15(22)20-17-9-10-5-6-13(23-4)12(21)7-10/h5-9,21H,1-4H3,(H,18,19)(H,20,22)/b17-9-. The third kappa shape index (κ3) is 4.09. The SMILES string of the molecule is COc1ccc(/C=N\NC(=O)c2cc(C(C)(C)C)[nH]n2)cc1O. The van der Waals surface area contributed by atoms with Crippen molar-refractivity contribution in [2.45, 2.75) is 26.2 Å². The molecule has 2 rings (SSSR count). The molecule has 2 aromatic rings. The summed E-state index contributed by atoms with van der Waals surface area (Å²) in [5, 5.41) is 20.3. The van der Waals surface area contributed by atoms with E-state index in [9.17, 15) is 9.90 Å². The van der Waals surface area contributed by atoms with Crippen LogP contribution >= 0.6 is 0 Å². The zero-order valence-electron chi connectivity index (χ0n) is 13.5. The van der Waals surface area contributed by atoms with E-state index in [0.717, 1.165) is 5.69 Å². The maximum absolute atomic E-state index is 12.0. The minimum Gasteiger partial charge on any atom is -0.504 e. The van der Waals surface area contributed by atoms with Crippen molar-refractivity contribution in [3.63, 3.8) is 0 Å². The summed E-state index contributed by atoms with van der Waals surface area (Å²) in [7, 11) is 1.47. The lowest BCUT2D eigenvalue weighted by Crippen LogP contribution is -2.18. The van der Waals surface area contributed by atoms with Gasteiger partial charge in [-0.1, -0.05) is 20.8 Å². The Balaban J connectivity index is 2.01. The predicted molar refractivity (Wildman–Crippen MR) is 87.0 cm³/mol. The van der Waals surface area contributed by atoms with Gasteiger partial charge in [0.25, 0.3) is 5.91 Å². The lowest BCUT2D eigenvalue weighted by molar-refractivity contribution is 0.0950. The van der Waals surface area contributed by atoms with Crippen LogP contribution in [-0.4, -0.2) is 34.5 Å². The van der Waals surface area contributed by atoms with E-state index in [1.165, 1.54) is 19.4 Å². The average Bonchev–Trinajstić information content (AvgIpc) is 2.97. The van der Waals surface area contributed by atoms with Crippen molar-refractivity contribution in [1.82, 2.24) is 15.6 Å². The Hall–Kier alpha value is -2.83. The number of nitrogens with one attached hydrogen (secondary N) is 2. The van der Waals surface area contributed by atoms with Crippen LogP contribution in [0.2, 0.25) is 0 Å². The summed E-state index contributed by atoms with van der Waals surface area (Å²) in [5.74, 6) is -0.0342. The first-order chi connectivity index (χ1) is 10.8. The number of amides is 1. The number of phenols is 1. The number of benzene rings is 1. The summed E-state index contributed by atoms with van der Waals surface area (Å²) >= 11 is 0. The van der Waals surface area contributed by atoms with E-state index in [2.05, 4.69) is 20.7 Å². The number of hydrogen-bond donors (Lipinski definition) is 3. The number of phenolic OH excluding ortho intramolecular Hbond substituents is 1. The second-order valence-corrected chi connectivity index (χ2v) is 6.05. The molecule has 0 aliphatic rings. The molecule has 7 heteroatoms. The van der Waals surface area contributed by atoms with Crippen LogP contribution in [0.25, 0.3) is 0 Å². The van der Waals surface area contributed by atoms with Gasteiger partial charge in [-0.25, -0.2) is 5.43 Å². The van der Waals surface area contributed by atoms with Crippen LogP contribution < -0.4 is 10.2 Å². The molecule has 0 spiro atoms. The van der Waals surface area contributed by atoms with Crippen LogP contribution in [0.5, 0.6) is 11.5 Å². The summed E-state index contributed by atoms with van der Waals surface area (Å²) in [5.41, 5.74) is 4.04. The number of hydrogen-bond acceptors (Lipinski definition) is 5. The molecule has 0 fully saturated rings. The van der Waals surface area contributed by atoms with E-state index in [0.29, 0.717) is 11.3 Å². The number of aromatic amines is 1. The first-order valence-corrected chi connectivity index (χ1v) is 7.07. The van der Waals surface area contributed by atoms with Gasteiger partial charge in [-0.05, 0) is 29.8 Å². The second-order valence-electron chi connectivity index (χ2n) is 6.05. The highest BCUT2D eigenvalue weighted by Crippen LogP contribution is 2.25. The summed E-state index contributed by atoms with van der Waals surface area (Å²) < 4.78 is 4.95. The van der Waals surface area contributed by atoms with Crippen LogP contribution in [0, 0.1) is 0 Å². The lowest BCUT2D eigenvalue weighted by atomic mass is 9.92. The number of rotatable bonds is 4. The molecule has 7 nitrogen and oxygen atoms in total. The molecule has 0 aliphatic heterocycles. The smallest absolute Gasteiger partial charge is 0.291 e. The highest BCUT2D eigenvalue weighted by molar-refractivity contribution is 5.93. The second kappa shape index (κ2) is 6.51. The lowest BCUT2D eigenvalue weighted by Gasteiger charge is -2.14. The number of hydrazone groups is 1. The molecule has 0 saturated carbocycles. The van der Waals surface area contributed by atoms with Crippen molar-refractivity contribution in [3.05, 3.63) is 41.2 Å². The van der Waals surface area contributed by atoms with E-state index >= 15 is 0 Å². The number of aromatic nitrogens is 2. The third-order valence-electron chi connectivity index (χ3n) is 3.20. The van der Waals surface area contributed by atoms with Crippen LogP contribution in [-0.2, 0) is 5.41 Å². The Labute approximate surface area is 134 Å². The maximum atomic E-state index is 12.0. The number of H-pyrrole nitrogens is 1. The number of ether oxygens (including phenoxy) is 1. The van der Waals surface area contributed by atoms with Gasteiger partial charge < -0.3 is 9.84 Å². The zero-order valence-corrected chi connectivity index (χ0v) is 13.5. The molecule has 1 heterocycles. The minimum atomic E-state index is -0.411. The first-order valence-electron chi connectivity index (χ1n) is 7.07. The van der Waals surface area contributed by atoms with Crippen molar-refractivity contribution < 1.29 is 14.6 Å². The van der Waals surface area contributed by atoms with Gasteiger partial charge >= 0.3 is 0 Å². The molecule has 1 amide bonds. The Kier molecular flexibility index (Phi) is 4.68. The molecule has 0 aliphatic carbocycles. The van der Waals surface area contributed by atoms with Gasteiger partial charge in [0, 0.05) is 11.1 Å². The van der Waals surface area contributed by atoms with E-state index in [1.54, 1.807) is 18.2 Å². The minimum absolute atomic E-state index is 0.00453. The molecule has 0 unspecified atom stereocenters. The third-order valence-corrected chi connectivity index (χ3v) is 3.20. The highest BCUT2D eigenvalue weighted by atomic mass is 16.5. The molecule has 0 bridgehead atoms. The maximum Gasteiger partial charge on any atom is 0.291 e. The van der Waals surface area contributed by atoms with Crippen molar-refractivity contribution in [3.8, 4) is 11.5 Å². The summed E-state index contributed by atoms with van der Waals surface area (Å²) in [6, 6.07) is 6.51. The largest absolute Gasteiger partial charge is 0.504 e. The molecule has 23 heavy (non-hydrogen) atoms. The van der Waals surface area contributed by atoms with E-state index in [-0.39, 0.29) is 16.9 Å². The Morgan fingerprint density at radius 3 is 2.70 bits per heavy atom. The molecule has 3 N–H and O–H groups in total. The fraction of sp³-hybridized carbons (Fsp3) is 0.312. The van der Waals surface area contributed by atoms with Crippen LogP contribution in [0.4, 0.5) is 0 Å². The molecule has 0 radical (unpaired) electrons. The van der Waals surface area contributed by atoms with Gasteiger partial charge in [-0.3, -0.25) is 9.89 Å². The Morgan fingerprint density at radius 1 is 1.39 bits per heavy atom. The normalized spacial score (nSPS) is 11.7.